The van der Waals surface area contributed by atoms with Crippen LogP contribution in [-0.4, -0.2) is 86.1 Å². The van der Waals surface area contributed by atoms with Crippen molar-refractivity contribution in [1.82, 2.24) is 20.5 Å². The van der Waals surface area contributed by atoms with Crippen LogP contribution in [0, 0.1) is 0 Å². The molecule has 3 N–H and O–H groups in total. The zero-order valence-electron chi connectivity index (χ0n) is 23.0. The molecule has 1 aliphatic heterocycles. The zero-order valence-corrected chi connectivity index (χ0v) is 24.5. The standard InChI is InChI=1S/C27H31ClN4O4.CH3Cl.H3N/c1-4-36-27(35)23-24(21-7-5-6-8-22(21)32(26(23)34)18-13-29(2)3)30-14-16-31(17-15-30)25(33)19-9-11-20(28)12-10-19;1-2;/h5-12H,4,13-18H2,1-3H3;1H3;1H3. The van der Waals surface area contributed by atoms with Gasteiger partial charge in [0.15, 0.2) is 0 Å². The maximum absolute atomic E-state index is 13.7. The molecule has 39 heavy (non-hydrogen) atoms. The minimum atomic E-state index is -0.624. The van der Waals surface area contributed by atoms with Crippen molar-refractivity contribution in [3.63, 3.8) is 0 Å². The molecule has 0 bridgehead atoms. The summed E-state index contributed by atoms with van der Waals surface area (Å²) in [5.41, 5.74) is 1.62. The highest BCUT2D eigenvalue weighted by molar-refractivity contribution is 6.30. The zero-order chi connectivity index (χ0) is 27.8. The number of hydrogen-bond acceptors (Lipinski definition) is 7. The van der Waals surface area contributed by atoms with Crippen molar-refractivity contribution in [3.8, 4) is 0 Å². The molecule has 1 saturated heterocycles. The summed E-state index contributed by atoms with van der Waals surface area (Å²) in [5.74, 6) is -0.692. The summed E-state index contributed by atoms with van der Waals surface area (Å²) in [6.07, 6.45) is 1.47. The molecule has 0 radical (unpaired) electrons. The lowest BCUT2D eigenvalue weighted by Gasteiger charge is -2.37. The number of piperazine rings is 1. The fraction of sp³-hybridized carbons (Fsp3) is 0.393. The molecule has 0 aliphatic carbocycles. The number of nitrogens with zero attached hydrogens (tertiary/aromatic N) is 4. The minimum absolute atomic E-state index is 0. The largest absolute Gasteiger partial charge is 0.462 e. The number of pyridine rings is 1. The Balaban J connectivity index is 0.00000174. The van der Waals surface area contributed by atoms with Crippen LogP contribution in [0.1, 0.15) is 27.6 Å². The van der Waals surface area contributed by atoms with Gasteiger partial charge in [0.1, 0.15) is 5.56 Å². The number of amides is 1. The van der Waals surface area contributed by atoms with Gasteiger partial charge in [-0.05, 0) is 51.4 Å². The lowest BCUT2D eigenvalue weighted by Crippen LogP contribution is -2.49. The molecular weight excluding hydrogens is 541 g/mol. The average molecular weight is 579 g/mol. The number of rotatable bonds is 7. The highest BCUT2D eigenvalue weighted by Crippen LogP contribution is 2.31. The molecule has 11 heteroatoms. The molecule has 9 nitrogen and oxygen atoms in total. The third-order valence-corrected chi connectivity index (χ3v) is 6.62. The Bertz CT molecular complexity index is 1320. The van der Waals surface area contributed by atoms with E-state index in [0.29, 0.717) is 55.5 Å². The number of alkyl halides is 1. The van der Waals surface area contributed by atoms with Crippen molar-refractivity contribution >= 4 is 51.7 Å². The number of fused-ring (bicyclic) bond motifs is 1. The third-order valence-electron chi connectivity index (χ3n) is 6.37. The van der Waals surface area contributed by atoms with E-state index in [4.69, 9.17) is 16.3 Å². The highest BCUT2D eigenvalue weighted by Gasteiger charge is 2.30. The van der Waals surface area contributed by atoms with Crippen molar-refractivity contribution in [1.29, 1.82) is 0 Å². The molecule has 2 aromatic carbocycles. The average Bonchev–Trinajstić information content (AvgIpc) is 2.93. The monoisotopic (exact) mass is 577 g/mol. The number of esters is 1. The number of likely N-dealkylation sites (N-methyl/N-ethyl adjacent to an activating group) is 1. The summed E-state index contributed by atoms with van der Waals surface area (Å²) in [4.78, 5) is 45.6. The first-order valence-corrected chi connectivity index (χ1v) is 13.6. The molecule has 4 rings (SSSR count). The number of carbonyl (C=O) groups excluding carboxylic acids is 2. The van der Waals surface area contributed by atoms with Gasteiger partial charge in [0.05, 0.1) is 17.8 Å². The quantitative estimate of drug-likeness (QED) is 0.328. The predicted molar refractivity (Wildman–Crippen MR) is 159 cm³/mol. The van der Waals surface area contributed by atoms with Gasteiger partial charge < -0.3 is 30.2 Å². The summed E-state index contributed by atoms with van der Waals surface area (Å²) in [7, 11) is 3.89. The van der Waals surface area contributed by atoms with Gasteiger partial charge >= 0.3 is 5.97 Å². The Labute approximate surface area is 239 Å². The molecule has 0 unspecified atom stereocenters. The molecule has 0 spiro atoms. The van der Waals surface area contributed by atoms with Gasteiger partial charge in [0.2, 0.25) is 0 Å². The molecule has 3 aromatic rings. The molecule has 1 aliphatic rings. The van der Waals surface area contributed by atoms with Crippen LogP contribution in [0.3, 0.4) is 0 Å². The normalized spacial score (nSPS) is 13.0. The number of ether oxygens (including phenoxy) is 1. The van der Waals surface area contributed by atoms with Crippen molar-refractivity contribution in [3.05, 3.63) is 75.0 Å². The maximum Gasteiger partial charge on any atom is 0.345 e. The summed E-state index contributed by atoms with van der Waals surface area (Å²) in [5, 5.41) is 1.39. The lowest BCUT2D eigenvalue weighted by atomic mass is 10.1. The summed E-state index contributed by atoms with van der Waals surface area (Å²) in [6, 6.07) is 14.5. The second-order valence-corrected chi connectivity index (χ2v) is 9.44. The van der Waals surface area contributed by atoms with E-state index in [2.05, 4.69) is 11.6 Å². The van der Waals surface area contributed by atoms with E-state index in [9.17, 15) is 14.4 Å². The predicted octanol–water partition coefficient (Wildman–Crippen LogP) is 4.37. The Kier molecular flexibility index (Phi) is 12.3. The van der Waals surface area contributed by atoms with Crippen molar-refractivity contribution < 1.29 is 14.3 Å². The second-order valence-electron chi connectivity index (χ2n) is 9.01. The van der Waals surface area contributed by atoms with E-state index in [1.165, 1.54) is 6.38 Å². The van der Waals surface area contributed by atoms with Crippen LogP contribution in [0.4, 0.5) is 5.69 Å². The number of anilines is 1. The summed E-state index contributed by atoms with van der Waals surface area (Å²) < 4.78 is 6.99. The second kappa shape index (κ2) is 14.9. The molecule has 1 amide bonds. The van der Waals surface area contributed by atoms with Gasteiger partial charge in [0.25, 0.3) is 11.5 Å². The number of carbonyl (C=O) groups is 2. The van der Waals surface area contributed by atoms with Crippen LogP contribution in [0.5, 0.6) is 0 Å². The van der Waals surface area contributed by atoms with Crippen LogP contribution in [-0.2, 0) is 11.3 Å². The number of aromatic nitrogens is 1. The lowest BCUT2D eigenvalue weighted by molar-refractivity contribution is 0.0523. The van der Waals surface area contributed by atoms with E-state index in [-0.39, 0.29) is 29.8 Å². The number of hydrogen-bond donors (Lipinski definition) is 1. The fourth-order valence-electron chi connectivity index (χ4n) is 4.54. The van der Waals surface area contributed by atoms with E-state index in [1.54, 1.807) is 40.7 Å². The third kappa shape index (κ3) is 7.30. The molecule has 2 heterocycles. The molecule has 1 fully saturated rings. The Hall–Kier alpha value is -3.11. The van der Waals surface area contributed by atoms with Gasteiger partial charge in [-0.1, -0.05) is 29.8 Å². The fourth-order valence-corrected chi connectivity index (χ4v) is 4.66. The van der Waals surface area contributed by atoms with Gasteiger partial charge in [-0.25, -0.2) is 4.79 Å². The van der Waals surface area contributed by atoms with E-state index >= 15 is 0 Å². The van der Waals surface area contributed by atoms with Gasteiger partial charge in [0, 0.05) is 61.6 Å². The maximum atomic E-state index is 13.7. The Morgan fingerprint density at radius 1 is 0.974 bits per heavy atom. The van der Waals surface area contributed by atoms with Gasteiger partial charge in [-0.2, -0.15) is 0 Å². The SMILES string of the molecule is CCOC(=O)c1c(N2CCN(C(=O)c3ccc(Cl)cc3)CC2)c2ccccc2n(CCN(C)C)c1=O.CCl.N. The van der Waals surface area contributed by atoms with Crippen LogP contribution in [0.25, 0.3) is 10.9 Å². The van der Waals surface area contributed by atoms with Crippen LogP contribution < -0.4 is 16.6 Å². The van der Waals surface area contributed by atoms with E-state index in [1.807, 2.05) is 48.2 Å². The first-order valence-electron chi connectivity index (χ1n) is 12.5. The molecule has 0 saturated carbocycles. The van der Waals surface area contributed by atoms with Crippen molar-refractivity contribution in [2.45, 2.75) is 13.5 Å². The van der Waals surface area contributed by atoms with Crippen molar-refractivity contribution in [2.75, 3.05) is 64.7 Å². The molecule has 0 atom stereocenters. The first-order chi connectivity index (χ1) is 18.3. The van der Waals surface area contributed by atoms with Crippen LogP contribution in [0.15, 0.2) is 53.3 Å². The summed E-state index contributed by atoms with van der Waals surface area (Å²) >= 11 is 10.6. The smallest absolute Gasteiger partial charge is 0.345 e. The van der Waals surface area contributed by atoms with Crippen LogP contribution in [0.2, 0.25) is 5.02 Å². The van der Waals surface area contributed by atoms with Gasteiger partial charge in [-0.15, -0.1) is 11.6 Å². The molecule has 1 aromatic heterocycles. The Morgan fingerprint density at radius 2 is 1.59 bits per heavy atom. The number of para-hydroxylation sites is 1. The summed E-state index contributed by atoms with van der Waals surface area (Å²) in [6.45, 7) is 4.88. The van der Waals surface area contributed by atoms with E-state index in [0.717, 1.165) is 10.9 Å². The van der Waals surface area contributed by atoms with Crippen LogP contribution >= 0.6 is 23.2 Å². The molecule has 212 valence electrons. The first kappa shape index (κ1) is 32.1. The van der Waals surface area contributed by atoms with Crippen molar-refractivity contribution in [2.24, 2.45) is 0 Å². The minimum Gasteiger partial charge on any atom is -0.462 e. The molecular formula is C28H37Cl2N5O4. The topological polar surface area (TPSA) is 110 Å². The Morgan fingerprint density at radius 3 is 2.18 bits per heavy atom. The number of halogens is 2. The number of benzene rings is 2. The highest BCUT2D eigenvalue weighted by atomic mass is 35.5. The van der Waals surface area contributed by atoms with E-state index < -0.39 is 5.97 Å². The van der Waals surface area contributed by atoms with Gasteiger partial charge in [-0.3, -0.25) is 9.59 Å².